The maximum Gasteiger partial charge on any atom is 0.194 e. The molecule has 6 rings (SSSR count). The minimum absolute atomic E-state index is 0.0823. The average Bonchev–Trinajstić information content (AvgIpc) is 3.57. The van der Waals surface area contributed by atoms with Crippen LogP contribution in [0.1, 0.15) is 27.3 Å². The van der Waals surface area contributed by atoms with E-state index in [4.69, 9.17) is 5.73 Å². The van der Waals surface area contributed by atoms with E-state index in [9.17, 15) is 4.79 Å². The summed E-state index contributed by atoms with van der Waals surface area (Å²) in [6, 6.07) is 16.3. The molecule has 0 fully saturated rings. The fraction of sp³-hybridized carbons (Fsp3) is 0.0800. The normalized spacial score (nSPS) is 12.8. The molecule has 1 aliphatic carbocycles. The van der Waals surface area contributed by atoms with Crippen molar-refractivity contribution in [2.24, 2.45) is 0 Å². The topological polar surface area (TPSA) is 89.6 Å². The van der Waals surface area contributed by atoms with E-state index < -0.39 is 0 Å². The number of hydrogen-bond acceptors (Lipinski definition) is 5. The Hall–Kier alpha value is -3.97. The Balaban J connectivity index is 1.29. The van der Waals surface area contributed by atoms with Gasteiger partial charge in [-0.25, -0.2) is 9.67 Å². The number of nitrogens with zero attached hydrogens (tertiary/aromatic N) is 3. The van der Waals surface area contributed by atoms with E-state index >= 15 is 0 Å². The van der Waals surface area contributed by atoms with E-state index in [0.717, 1.165) is 39.2 Å². The molecule has 5 aromatic rings. The Labute approximate surface area is 188 Å². The van der Waals surface area contributed by atoms with Crippen molar-refractivity contribution in [3.05, 3.63) is 88.2 Å². The molecule has 2 aromatic carbocycles. The van der Waals surface area contributed by atoms with Crippen LogP contribution in [0.5, 0.6) is 0 Å². The molecule has 0 unspecified atom stereocenters. The van der Waals surface area contributed by atoms with Crippen molar-refractivity contribution in [1.82, 2.24) is 19.7 Å². The van der Waals surface area contributed by atoms with E-state index in [0.29, 0.717) is 17.8 Å². The quantitative estimate of drug-likeness (QED) is 0.379. The summed E-state index contributed by atoms with van der Waals surface area (Å²) < 4.78 is 1.60. The Morgan fingerprint density at radius 1 is 1.19 bits per heavy atom. The van der Waals surface area contributed by atoms with Gasteiger partial charge in [-0.1, -0.05) is 18.2 Å². The van der Waals surface area contributed by atoms with E-state index in [1.165, 1.54) is 10.4 Å². The van der Waals surface area contributed by atoms with Gasteiger partial charge in [0.25, 0.3) is 0 Å². The number of hydrogen-bond donors (Lipinski definition) is 2. The van der Waals surface area contributed by atoms with Crippen LogP contribution >= 0.6 is 11.3 Å². The number of aromatic amines is 1. The van der Waals surface area contributed by atoms with Gasteiger partial charge in [-0.2, -0.15) is 5.10 Å². The predicted molar refractivity (Wildman–Crippen MR) is 128 cm³/mol. The van der Waals surface area contributed by atoms with Crippen molar-refractivity contribution in [2.45, 2.75) is 13.3 Å². The lowest BCUT2D eigenvalue weighted by Gasteiger charge is -2.06. The van der Waals surface area contributed by atoms with E-state index in [2.05, 4.69) is 44.7 Å². The summed E-state index contributed by atoms with van der Waals surface area (Å²) in [7, 11) is 0. The lowest BCUT2D eigenvalue weighted by atomic mass is 10.0. The van der Waals surface area contributed by atoms with Crippen molar-refractivity contribution in [3.63, 3.8) is 0 Å². The fourth-order valence-corrected chi connectivity index (χ4v) is 4.98. The summed E-state index contributed by atoms with van der Waals surface area (Å²) in [6.07, 6.45) is 4.12. The number of carbonyl (C=O) groups is 1. The summed E-state index contributed by atoms with van der Waals surface area (Å²) in [6.45, 7) is 1.91. The number of aryl methyl sites for hydroxylation is 1. The van der Waals surface area contributed by atoms with Crippen LogP contribution in [0.25, 0.3) is 33.2 Å². The highest BCUT2D eigenvalue weighted by Crippen LogP contribution is 2.33. The Morgan fingerprint density at radius 2 is 2.09 bits per heavy atom. The molecule has 6 nitrogen and oxygen atoms in total. The molecule has 32 heavy (non-hydrogen) atoms. The SMILES string of the molecule is Cc1nc2ccc(-n3ncc(C(=O)C4=Cc5ccc(-c6cccs6)cc5C4)c3N)cc2[nH]1. The molecule has 0 atom stereocenters. The van der Waals surface area contributed by atoms with Crippen LogP contribution in [-0.4, -0.2) is 25.5 Å². The summed E-state index contributed by atoms with van der Waals surface area (Å²) in [4.78, 5) is 22.2. The number of nitrogens with one attached hydrogen (secondary N) is 1. The van der Waals surface area contributed by atoms with Crippen LogP contribution in [0.4, 0.5) is 5.82 Å². The van der Waals surface area contributed by atoms with Crippen LogP contribution in [0.2, 0.25) is 0 Å². The Bertz CT molecular complexity index is 1540. The predicted octanol–water partition coefficient (Wildman–Crippen LogP) is 5.19. The van der Waals surface area contributed by atoms with Crippen molar-refractivity contribution in [2.75, 3.05) is 5.73 Å². The van der Waals surface area contributed by atoms with E-state index in [1.807, 2.05) is 37.3 Å². The number of fused-ring (bicyclic) bond motifs is 2. The third kappa shape index (κ3) is 2.98. The molecule has 3 N–H and O–H groups in total. The van der Waals surface area contributed by atoms with Gasteiger partial charge in [0.15, 0.2) is 5.78 Å². The smallest absolute Gasteiger partial charge is 0.194 e. The van der Waals surface area contributed by atoms with E-state index in [1.54, 1.807) is 22.2 Å². The number of ketones is 1. The minimum atomic E-state index is -0.0823. The average molecular weight is 438 g/mol. The Kier molecular flexibility index (Phi) is 4.13. The number of nitrogens with two attached hydrogens (primary N) is 1. The number of carbonyl (C=O) groups excluding carboxylic acids is 1. The van der Waals surface area contributed by atoms with Gasteiger partial charge in [-0.05, 0) is 65.4 Å². The first-order valence-corrected chi connectivity index (χ1v) is 11.2. The minimum Gasteiger partial charge on any atom is -0.383 e. The van der Waals surface area contributed by atoms with Gasteiger partial charge in [-0.3, -0.25) is 4.79 Å². The number of rotatable bonds is 4. The first kappa shape index (κ1) is 18.8. The molecule has 3 aromatic heterocycles. The molecule has 0 saturated carbocycles. The number of benzene rings is 2. The highest BCUT2D eigenvalue weighted by Gasteiger charge is 2.24. The number of anilines is 1. The molecule has 0 radical (unpaired) electrons. The second-order valence-electron chi connectivity index (χ2n) is 7.95. The summed E-state index contributed by atoms with van der Waals surface area (Å²) in [5, 5.41) is 6.47. The van der Waals surface area contributed by atoms with E-state index in [-0.39, 0.29) is 5.78 Å². The van der Waals surface area contributed by atoms with Crippen molar-refractivity contribution >= 4 is 40.0 Å². The first-order chi connectivity index (χ1) is 15.6. The molecule has 0 aliphatic heterocycles. The lowest BCUT2D eigenvalue weighted by Crippen LogP contribution is -2.08. The first-order valence-electron chi connectivity index (χ1n) is 10.3. The Morgan fingerprint density at radius 3 is 2.94 bits per heavy atom. The molecule has 7 heteroatoms. The largest absolute Gasteiger partial charge is 0.383 e. The number of Topliss-reactive ketones (excluding diaryl/α,β-unsaturated/α-hetero) is 1. The van der Waals surface area contributed by atoms with Crippen LogP contribution in [0, 0.1) is 6.92 Å². The fourth-order valence-electron chi connectivity index (χ4n) is 4.25. The number of allylic oxidation sites excluding steroid dienone is 1. The highest BCUT2D eigenvalue weighted by atomic mass is 32.1. The lowest BCUT2D eigenvalue weighted by molar-refractivity contribution is 0.103. The van der Waals surface area contributed by atoms with Crippen LogP contribution in [0.3, 0.4) is 0 Å². The summed E-state index contributed by atoms with van der Waals surface area (Å²) in [5.41, 5.74) is 13.5. The molecule has 0 spiro atoms. The standard InChI is InChI=1S/C25H19N5OS/c1-14-28-21-7-6-19(12-22(21)29-14)30-25(26)20(13-27-30)24(31)18-9-15-4-5-16(10-17(15)11-18)23-3-2-8-32-23/h2-10,12-13H,11,26H2,1H3,(H,28,29). The van der Waals surface area contributed by atoms with Gasteiger partial charge >= 0.3 is 0 Å². The molecule has 0 amide bonds. The molecule has 156 valence electrons. The van der Waals surface area contributed by atoms with Gasteiger partial charge in [0.1, 0.15) is 11.6 Å². The number of H-pyrrole nitrogens is 1. The van der Waals surface area contributed by atoms with Gasteiger partial charge in [0.05, 0.1) is 28.5 Å². The van der Waals surface area contributed by atoms with Crippen molar-refractivity contribution in [1.29, 1.82) is 0 Å². The molecule has 1 aliphatic rings. The number of thiophene rings is 1. The molecular weight excluding hydrogens is 418 g/mol. The third-order valence-electron chi connectivity index (χ3n) is 5.83. The zero-order chi connectivity index (χ0) is 21.8. The monoisotopic (exact) mass is 437 g/mol. The summed E-state index contributed by atoms with van der Waals surface area (Å²) in [5.74, 6) is 1.10. The van der Waals surface area contributed by atoms with Gasteiger partial charge in [0, 0.05) is 16.9 Å². The maximum atomic E-state index is 13.3. The van der Waals surface area contributed by atoms with Crippen LogP contribution in [-0.2, 0) is 6.42 Å². The van der Waals surface area contributed by atoms with Gasteiger partial charge < -0.3 is 10.7 Å². The number of nitrogen functional groups attached to an aromatic ring is 1. The van der Waals surface area contributed by atoms with Gasteiger partial charge in [0.2, 0.25) is 0 Å². The van der Waals surface area contributed by atoms with Crippen molar-refractivity contribution in [3.8, 4) is 16.1 Å². The molecule has 3 heterocycles. The van der Waals surface area contributed by atoms with Gasteiger partial charge in [-0.15, -0.1) is 11.3 Å². The second kappa shape index (κ2) is 7.03. The van der Waals surface area contributed by atoms with Crippen LogP contribution < -0.4 is 5.73 Å². The van der Waals surface area contributed by atoms with Crippen molar-refractivity contribution < 1.29 is 4.79 Å². The molecular formula is C25H19N5OS. The number of imidazole rings is 1. The number of aromatic nitrogens is 4. The summed E-state index contributed by atoms with van der Waals surface area (Å²) >= 11 is 1.71. The highest BCUT2D eigenvalue weighted by molar-refractivity contribution is 7.13. The maximum absolute atomic E-state index is 13.3. The molecule has 0 bridgehead atoms. The molecule has 0 saturated heterocycles. The zero-order valence-electron chi connectivity index (χ0n) is 17.3. The zero-order valence-corrected chi connectivity index (χ0v) is 18.1. The van der Waals surface area contributed by atoms with Crippen LogP contribution in [0.15, 0.2) is 65.7 Å². The second-order valence-corrected chi connectivity index (χ2v) is 8.89. The third-order valence-corrected chi connectivity index (χ3v) is 6.75.